The molecule has 0 atom stereocenters. The first-order chi connectivity index (χ1) is 9.31. The van der Waals surface area contributed by atoms with E-state index in [9.17, 15) is 0 Å². The average molecular weight is 276 g/mol. The van der Waals surface area contributed by atoms with E-state index in [1.807, 2.05) is 24.3 Å². The van der Waals surface area contributed by atoms with E-state index < -0.39 is 0 Å². The van der Waals surface area contributed by atoms with Crippen LogP contribution in [0.4, 0.5) is 0 Å². The maximum atomic E-state index is 6.02. The molecule has 1 N–H and O–H groups in total. The van der Waals surface area contributed by atoms with Gasteiger partial charge in [0, 0.05) is 24.0 Å². The van der Waals surface area contributed by atoms with Crippen LogP contribution >= 0.6 is 11.6 Å². The first kappa shape index (κ1) is 12.8. The Bertz CT molecular complexity index is 517. The molecule has 1 saturated carbocycles. The summed E-state index contributed by atoms with van der Waals surface area (Å²) in [7, 11) is 0. The second-order valence-electron chi connectivity index (χ2n) is 5.20. The third kappa shape index (κ3) is 3.20. The maximum Gasteiger partial charge on any atom is 0.105 e. The molecule has 1 aromatic carbocycles. The molecule has 100 valence electrons. The average Bonchev–Trinajstić information content (AvgIpc) is 2.85. The number of nitrogens with one attached hydrogen (secondary N) is 1. The van der Waals surface area contributed by atoms with Crippen molar-refractivity contribution >= 4 is 11.6 Å². The van der Waals surface area contributed by atoms with Crippen LogP contribution in [-0.2, 0) is 6.42 Å². The zero-order chi connectivity index (χ0) is 13.1. The number of benzene rings is 1. The summed E-state index contributed by atoms with van der Waals surface area (Å²) in [5.74, 6) is 1.72. The van der Waals surface area contributed by atoms with Crippen molar-refractivity contribution in [1.29, 1.82) is 0 Å². The molecule has 0 amide bonds. The molecular weight excluding hydrogens is 258 g/mol. The van der Waals surface area contributed by atoms with Crippen molar-refractivity contribution in [3.05, 3.63) is 59.0 Å². The van der Waals surface area contributed by atoms with Crippen molar-refractivity contribution in [2.24, 2.45) is 0 Å². The largest absolute Gasteiger partial charge is 0.469 e. The molecule has 0 unspecified atom stereocenters. The summed E-state index contributed by atoms with van der Waals surface area (Å²) in [6.45, 7) is 0.987. The Morgan fingerprint density at radius 1 is 1.21 bits per heavy atom. The van der Waals surface area contributed by atoms with Crippen molar-refractivity contribution in [1.82, 2.24) is 5.32 Å². The number of hydrogen-bond acceptors (Lipinski definition) is 2. The van der Waals surface area contributed by atoms with Crippen LogP contribution in [0.15, 0.2) is 47.1 Å². The van der Waals surface area contributed by atoms with E-state index in [-0.39, 0.29) is 0 Å². The molecule has 1 heterocycles. The fourth-order valence-corrected chi connectivity index (χ4v) is 2.87. The standard InChI is InChI=1S/C16H18ClNO/c17-14-4-1-3-12(9-14)13-10-15(11-13)18-7-6-16-5-2-8-19-16/h1-5,8-9,13,15,18H,6-7,10-11H2. The van der Waals surface area contributed by atoms with Gasteiger partial charge in [0.05, 0.1) is 6.26 Å². The minimum atomic E-state index is 0.638. The lowest BCUT2D eigenvalue weighted by Crippen LogP contribution is -2.40. The van der Waals surface area contributed by atoms with Gasteiger partial charge in [-0.05, 0) is 48.6 Å². The lowest BCUT2D eigenvalue weighted by Gasteiger charge is -2.36. The highest BCUT2D eigenvalue weighted by atomic mass is 35.5. The number of rotatable bonds is 5. The Hall–Kier alpha value is -1.25. The summed E-state index contributed by atoms with van der Waals surface area (Å²) < 4.78 is 5.32. The Balaban J connectivity index is 1.41. The summed E-state index contributed by atoms with van der Waals surface area (Å²) in [5, 5.41) is 4.42. The molecule has 0 aliphatic heterocycles. The predicted octanol–water partition coefficient (Wildman–Crippen LogP) is 4.01. The minimum absolute atomic E-state index is 0.638. The summed E-state index contributed by atoms with van der Waals surface area (Å²) in [5.41, 5.74) is 1.37. The number of hydrogen-bond donors (Lipinski definition) is 1. The van der Waals surface area contributed by atoms with Crippen LogP contribution in [0.2, 0.25) is 5.02 Å². The van der Waals surface area contributed by atoms with Gasteiger partial charge in [-0.25, -0.2) is 0 Å². The van der Waals surface area contributed by atoms with Crippen molar-refractivity contribution in [2.75, 3.05) is 6.54 Å². The molecule has 1 fully saturated rings. The van der Waals surface area contributed by atoms with E-state index in [2.05, 4.69) is 17.4 Å². The van der Waals surface area contributed by atoms with Gasteiger partial charge >= 0.3 is 0 Å². The summed E-state index contributed by atoms with van der Waals surface area (Å²) >= 11 is 6.02. The van der Waals surface area contributed by atoms with E-state index in [1.54, 1.807) is 6.26 Å². The van der Waals surface area contributed by atoms with E-state index in [1.165, 1.54) is 18.4 Å². The molecule has 1 aliphatic carbocycles. The highest BCUT2D eigenvalue weighted by molar-refractivity contribution is 6.30. The SMILES string of the molecule is Clc1cccc(C2CC(NCCc3ccco3)C2)c1. The second-order valence-corrected chi connectivity index (χ2v) is 5.64. The molecule has 1 aliphatic rings. The predicted molar refractivity (Wildman–Crippen MR) is 77.6 cm³/mol. The van der Waals surface area contributed by atoms with Gasteiger partial charge in [0.25, 0.3) is 0 Å². The van der Waals surface area contributed by atoms with Crippen LogP contribution in [0.3, 0.4) is 0 Å². The fourth-order valence-electron chi connectivity index (χ4n) is 2.67. The third-order valence-electron chi connectivity index (χ3n) is 3.84. The highest BCUT2D eigenvalue weighted by Gasteiger charge is 2.29. The molecular formula is C16H18ClNO. The van der Waals surface area contributed by atoms with E-state index >= 15 is 0 Å². The van der Waals surface area contributed by atoms with Gasteiger partial charge in [-0.2, -0.15) is 0 Å². The topological polar surface area (TPSA) is 25.2 Å². The van der Waals surface area contributed by atoms with Crippen LogP contribution in [0.1, 0.15) is 30.1 Å². The van der Waals surface area contributed by atoms with Gasteiger partial charge in [0.1, 0.15) is 5.76 Å². The first-order valence-corrected chi connectivity index (χ1v) is 7.20. The molecule has 0 saturated heterocycles. The Kier molecular flexibility index (Phi) is 3.90. The summed E-state index contributed by atoms with van der Waals surface area (Å²) in [4.78, 5) is 0. The molecule has 0 bridgehead atoms. The highest BCUT2D eigenvalue weighted by Crippen LogP contribution is 2.37. The van der Waals surface area contributed by atoms with Crippen LogP contribution < -0.4 is 5.32 Å². The smallest absolute Gasteiger partial charge is 0.105 e. The van der Waals surface area contributed by atoms with Gasteiger partial charge in [-0.15, -0.1) is 0 Å². The van der Waals surface area contributed by atoms with Crippen molar-refractivity contribution < 1.29 is 4.42 Å². The number of halogens is 1. The fraction of sp³-hybridized carbons (Fsp3) is 0.375. The Labute approximate surface area is 118 Å². The molecule has 1 aromatic heterocycles. The lowest BCUT2D eigenvalue weighted by atomic mass is 9.76. The zero-order valence-corrected chi connectivity index (χ0v) is 11.6. The lowest BCUT2D eigenvalue weighted by molar-refractivity contribution is 0.290. The second kappa shape index (κ2) is 5.81. The van der Waals surface area contributed by atoms with Gasteiger partial charge in [-0.1, -0.05) is 23.7 Å². The zero-order valence-electron chi connectivity index (χ0n) is 10.8. The van der Waals surface area contributed by atoms with E-state index in [4.69, 9.17) is 16.0 Å². The minimum Gasteiger partial charge on any atom is -0.469 e. The van der Waals surface area contributed by atoms with Crippen molar-refractivity contribution in [2.45, 2.75) is 31.2 Å². The molecule has 0 radical (unpaired) electrons. The van der Waals surface area contributed by atoms with Crippen LogP contribution in [-0.4, -0.2) is 12.6 Å². The van der Waals surface area contributed by atoms with Crippen LogP contribution in [0, 0.1) is 0 Å². The van der Waals surface area contributed by atoms with Crippen LogP contribution in [0.25, 0.3) is 0 Å². The van der Waals surface area contributed by atoms with Crippen molar-refractivity contribution in [3.63, 3.8) is 0 Å². The molecule has 3 rings (SSSR count). The molecule has 2 aromatic rings. The van der Waals surface area contributed by atoms with Gasteiger partial charge < -0.3 is 9.73 Å². The molecule has 19 heavy (non-hydrogen) atoms. The van der Waals surface area contributed by atoms with E-state index in [0.29, 0.717) is 12.0 Å². The monoisotopic (exact) mass is 275 g/mol. The molecule has 0 spiro atoms. The Morgan fingerprint density at radius 3 is 2.84 bits per heavy atom. The third-order valence-corrected chi connectivity index (χ3v) is 4.08. The van der Waals surface area contributed by atoms with Crippen LogP contribution in [0.5, 0.6) is 0 Å². The first-order valence-electron chi connectivity index (χ1n) is 6.82. The van der Waals surface area contributed by atoms with Gasteiger partial charge in [0.2, 0.25) is 0 Å². The maximum absolute atomic E-state index is 6.02. The van der Waals surface area contributed by atoms with Gasteiger partial charge in [-0.3, -0.25) is 0 Å². The van der Waals surface area contributed by atoms with E-state index in [0.717, 1.165) is 23.7 Å². The van der Waals surface area contributed by atoms with Crippen molar-refractivity contribution in [3.8, 4) is 0 Å². The summed E-state index contributed by atoms with van der Waals surface area (Å²) in [6.07, 6.45) is 5.11. The Morgan fingerprint density at radius 2 is 2.11 bits per heavy atom. The summed E-state index contributed by atoms with van der Waals surface area (Å²) in [6, 6.07) is 12.8. The number of furan rings is 1. The molecule has 2 nitrogen and oxygen atoms in total. The quantitative estimate of drug-likeness (QED) is 0.892. The van der Waals surface area contributed by atoms with Gasteiger partial charge in [0.15, 0.2) is 0 Å². The molecule has 3 heteroatoms. The normalized spacial score (nSPS) is 22.2.